The largest absolute Gasteiger partial charge is 0.321 e. The molecule has 1 aromatic heterocycles. The number of aryl methyl sites for hydroxylation is 1. The molecule has 1 N–H and O–H groups in total. The predicted molar refractivity (Wildman–Crippen MR) is 86.3 cm³/mol. The van der Waals surface area contributed by atoms with Gasteiger partial charge in [0.25, 0.3) is 11.5 Å². The van der Waals surface area contributed by atoms with E-state index < -0.39 is 11.7 Å². The van der Waals surface area contributed by atoms with Gasteiger partial charge in [-0.05, 0) is 24.3 Å². The van der Waals surface area contributed by atoms with Crippen molar-refractivity contribution in [2.75, 3.05) is 5.32 Å². The number of carbonyl (C=O) groups is 1. The summed E-state index contributed by atoms with van der Waals surface area (Å²) in [6, 6.07) is 10.6. The maximum Gasteiger partial charge on any atom is 0.276 e. The number of amides is 1. The molecule has 116 valence electrons. The number of nitrogens with zero attached hydrogens (tertiary/aromatic N) is 2. The highest BCUT2D eigenvalue weighted by atomic mass is 35.5. The standard InChI is InChI=1S/C16H11ClFN3O2/c1-21-16(23)11-5-3-2-4-10(11)14(20-21)15(22)19-9-6-7-13(18)12(17)8-9/h2-8H,1H3,(H,19,22). The lowest BCUT2D eigenvalue weighted by Gasteiger charge is -2.09. The molecule has 0 spiro atoms. The Balaban J connectivity index is 2.06. The molecule has 0 unspecified atom stereocenters. The Kier molecular flexibility index (Phi) is 3.83. The first-order chi connectivity index (χ1) is 11.0. The van der Waals surface area contributed by atoms with Gasteiger partial charge in [0.15, 0.2) is 5.69 Å². The molecule has 3 rings (SSSR count). The number of rotatable bonds is 2. The number of nitrogens with one attached hydrogen (secondary N) is 1. The summed E-state index contributed by atoms with van der Waals surface area (Å²) < 4.78 is 14.3. The van der Waals surface area contributed by atoms with Crippen molar-refractivity contribution < 1.29 is 9.18 Å². The maximum absolute atomic E-state index is 13.2. The monoisotopic (exact) mass is 331 g/mol. The zero-order valence-electron chi connectivity index (χ0n) is 12.0. The summed E-state index contributed by atoms with van der Waals surface area (Å²) in [6.45, 7) is 0. The van der Waals surface area contributed by atoms with Gasteiger partial charge in [-0.2, -0.15) is 5.10 Å². The molecule has 23 heavy (non-hydrogen) atoms. The van der Waals surface area contributed by atoms with E-state index in [2.05, 4.69) is 10.4 Å². The van der Waals surface area contributed by atoms with Crippen LogP contribution in [0.1, 0.15) is 10.5 Å². The molecule has 0 aliphatic heterocycles. The highest BCUT2D eigenvalue weighted by molar-refractivity contribution is 6.31. The summed E-state index contributed by atoms with van der Waals surface area (Å²) >= 11 is 5.70. The molecule has 2 aromatic carbocycles. The van der Waals surface area contributed by atoms with Gasteiger partial charge < -0.3 is 5.32 Å². The van der Waals surface area contributed by atoms with E-state index in [0.29, 0.717) is 16.5 Å². The summed E-state index contributed by atoms with van der Waals surface area (Å²) in [6.07, 6.45) is 0. The average Bonchev–Trinajstić information content (AvgIpc) is 2.54. The van der Waals surface area contributed by atoms with E-state index in [-0.39, 0.29) is 16.3 Å². The van der Waals surface area contributed by atoms with Crippen molar-refractivity contribution in [3.63, 3.8) is 0 Å². The van der Waals surface area contributed by atoms with Gasteiger partial charge in [-0.3, -0.25) is 9.59 Å². The first kappa shape index (κ1) is 15.2. The summed E-state index contributed by atoms with van der Waals surface area (Å²) in [7, 11) is 1.47. The number of fused-ring (bicyclic) bond motifs is 1. The van der Waals surface area contributed by atoms with E-state index in [9.17, 15) is 14.0 Å². The van der Waals surface area contributed by atoms with E-state index >= 15 is 0 Å². The van der Waals surface area contributed by atoms with Gasteiger partial charge in [0.05, 0.1) is 10.4 Å². The second-order valence-electron chi connectivity index (χ2n) is 4.91. The van der Waals surface area contributed by atoms with Gasteiger partial charge in [-0.15, -0.1) is 0 Å². The first-order valence-electron chi connectivity index (χ1n) is 6.70. The Morgan fingerprint density at radius 2 is 1.91 bits per heavy atom. The minimum atomic E-state index is -0.574. The van der Waals surface area contributed by atoms with Gasteiger partial charge in [0.2, 0.25) is 0 Å². The summed E-state index contributed by atoms with van der Waals surface area (Å²) in [5, 5.41) is 7.36. The van der Waals surface area contributed by atoms with Crippen LogP contribution in [0.3, 0.4) is 0 Å². The van der Waals surface area contributed by atoms with Crippen molar-refractivity contribution in [1.82, 2.24) is 9.78 Å². The Hall–Kier alpha value is -2.73. The minimum absolute atomic E-state index is 0.0962. The lowest BCUT2D eigenvalue weighted by Crippen LogP contribution is -2.25. The van der Waals surface area contributed by atoms with Crippen molar-refractivity contribution >= 4 is 34.0 Å². The third-order valence-corrected chi connectivity index (χ3v) is 3.64. The Labute approximate surface area is 135 Å². The lowest BCUT2D eigenvalue weighted by molar-refractivity contribution is 0.102. The van der Waals surface area contributed by atoms with E-state index in [0.717, 1.165) is 10.7 Å². The van der Waals surface area contributed by atoms with Crippen molar-refractivity contribution in [2.24, 2.45) is 7.05 Å². The molecule has 1 heterocycles. The van der Waals surface area contributed by atoms with Crippen LogP contribution in [-0.2, 0) is 7.05 Å². The van der Waals surface area contributed by atoms with Gasteiger partial charge >= 0.3 is 0 Å². The highest BCUT2D eigenvalue weighted by Crippen LogP contribution is 2.20. The van der Waals surface area contributed by atoms with Crippen LogP contribution in [0.5, 0.6) is 0 Å². The second-order valence-corrected chi connectivity index (χ2v) is 5.31. The molecule has 0 radical (unpaired) electrons. The van der Waals surface area contributed by atoms with Crippen LogP contribution in [0.2, 0.25) is 5.02 Å². The van der Waals surface area contributed by atoms with Crippen molar-refractivity contribution in [2.45, 2.75) is 0 Å². The smallest absolute Gasteiger partial charge is 0.276 e. The average molecular weight is 332 g/mol. The lowest BCUT2D eigenvalue weighted by atomic mass is 10.1. The van der Waals surface area contributed by atoms with E-state index in [1.54, 1.807) is 24.3 Å². The summed E-state index contributed by atoms with van der Waals surface area (Å²) in [5.41, 5.74) is 0.145. The van der Waals surface area contributed by atoms with Crippen molar-refractivity contribution in [1.29, 1.82) is 0 Å². The maximum atomic E-state index is 13.2. The molecular formula is C16H11ClFN3O2. The molecule has 3 aromatic rings. The van der Waals surface area contributed by atoms with Gasteiger partial charge in [-0.1, -0.05) is 29.8 Å². The fourth-order valence-electron chi connectivity index (χ4n) is 2.23. The molecule has 0 atom stereocenters. The van der Waals surface area contributed by atoms with Crippen molar-refractivity contribution in [3.05, 3.63) is 69.4 Å². The third kappa shape index (κ3) is 2.80. The van der Waals surface area contributed by atoms with E-state index in [4.69, 9.17) is 11.6 Å². The molecule has 0 fully saturated rings. The van der Waals surface area contributed by atoms with Gasteiger partial charge in [-0.25, -0.2) is 9.07 Å². The van der Waals surface area contributed by atoms with E-state index in [1.807, 2.05) is 0 Å². The van der Waals surface area contributed by atoms with Crippen LogP contribution in [0.15, 0.2) is 47.3 Å². The quantitative estimate of drug-likeness (QED) is 0.785. The fourth-order valence-corrected chi connectivity index (χ4v) is 2.41. The topological polar surface area (TPSA) is 64.0 Å². The minimum Gasteiger partial charge on any atom is -0.321 e. The molecule has 0 saturated heterocycles. The van der Waals surface area contributed by atoms with Crippen LogP contribution >= 0.6 is 11.6 Å². The molecule has 0 aliphatic carbocycles. The Morgan fingerprint density at radius 3 is 2.61 bits per heavy atom. The highest BCUT2D eigenvalue weighted by Gasteiger charge is 2.16. The van der Waals surface area contributed by atoms with Crippen LogP contribution in [0, 0.1) is 5.82 Å². The molecule has 5 nitrogen and oxygen atoms in total. The number of benzene rings is 2. The van der Waals surface area contributed by atoms with Crippen LogP contribution in [0.4, 0.5) is 10.1 Å². The number of aromatic nitrogens is 2. The Bertz CT molecular complexity index is 985. The fraction of sp³-hybridized carbons (Fsp3) is 0.0625. The summed E-state index contributed by atoms with van der Waals surface area (Å²) in [4.78, 5) is 24.5. The van der Waals surface area contributed by atoms with Gasteiger partial charge in [0, 0.05) is 18.1 Å². The number of hydrogen-bond donors (Lipinski definition) is 1. The molecular weight excluding hydrogens is 321 g/mol. The molecule has 1 amide bonds. The SMILES string of the molecule is Cn1nc(C(=O)Nc2ccc(F)c(Cl)c2)c2ccccc2c1=O. The predicted octanol–water partition coefficient (Wildman–Crippen LogP) is 2.98. The molecule has 0 bridgehead atoms. The van der Waals surface area contributed by atoms with Crippen LogP contribution in [-0.4, -0.2) is 15.7 Å². The number of hydrogen-bond acceptors (Lipinski definition) is 3. The van der Waals surface area contributed by atoms with Crippen LogP contribution < -0.4 is 10.9 Å². The number of anilines is 1. The number of halogens is 2. The third-order valence-electron chi connectivity index (χ3n) is 3.35. The van der Waals surface area contributed by atoms with E-state index in [1.165, 1.54) is 19.2 Å². The first-order valence-corrected chi connectivity index (χ1v) is 7.07. The van der Waals surface area contributed by atoms with Gasteiger partial charge in [0.1, 0.15) is 5.82 Å². The van der Waals surface area contributed by atoms with Crippen molar-refractivity contribution in [3.8, 4) is 0 Å². The zero-order chi connectivity index (χ0) is 16.6. The van der Waals surface area contributed by atoms with Crippen LogP contribution in [0.25, 0.3) is 10.8 Å². The summed E-state index contributed by atoms with van der Waals surface area (Å²) in [5.74, 6) is -1.09. The number of carbonyl (C=O) groups excluding carboxylic acids is 1. The molecule has 7 heteroatoms. The second kappa shape index (κ2) is 5.81. The zero-order valence-corrected chi connectivity index (χ0v) is 12.8. The normalized spacial score (nSPS) is 10.7. The Morgan fingerprint density at radius 1 is 1.22 bits per heavy atom. The molecule has 0 saturated carbocycles. The molecule has 0 aliphatic rings.